The van der Waals surface area contributed by atoms with Crippen LogP contribution >= 0.6 is 51.3 Å². The molecule has 34 heavy (non-hydrogen) atoms. The van der Waals surface area contributed by atoms with E-state index >= 15 is 0 Å². The van der Waals surface area contributed by atoms with Crippen LogP contribution in [0.4, 0.5) is 5.13 Å². The summed E-state index contributed by atoms with van der Waals surface area (Å²) in [6.45, 7) is 4.16. The van der Waals surface area contributed by atoms with Gasteiger partial charge >= 0.3 is 49.4 Å². The number of hydrogen-bond acceptors (Lipinski definition) is 5. The predicted molar refractivity (Wildman–Crippen MR) is 149 cm³/mol. The zero-order valence-electron chi connectivity index (χ0n) is 19.4. The second kappa shape index (κ2) is 11.5. The molecule has 9 heteroatoms. The molecule has 3 unspecified atom stereocenters. The Bertz CT molecular complexity index is 1060. The molecule has 183 valence electrons. The van der Waals surface area contributed by atoms with E-state index in [0.29, 0.717) is 56.7 Å². The number of Topliss-reactive ketones (excluding diaryl/α,β-unsaturated/α-hetero) is 1. The number of phenolic OH excluding ortho intramolecular Hbond substituents is 1. The molecule has 0 saturated heterocycles. The van der Waals surface area contributed by atoms with Gasteiger partial charge in [0, 0.05) is 29.3 Å². The minimum absolute atomic E-state index is 0.00720. The first-order valence-electron chi connectivity index (χ1n) is 11.8. The van der Waals surface area contributed by atoms with Crippen molar-refractivity contribution >= 4 is 68.1 Å². The van der Waals surface area contributed by atoms with Gasteiger partial charge in [0.1, 0.15) is 11.5 Å². The number of carbonyl (C=O) groups is 2. The second-order valence-corrected chi connectivity index (χ2v) is 23.0. The number of benzene rings is 1. The van der Waals surface area contributed by atoms with Crippen molar-refractivity contribution in [1.29, 1.82) is 0 Å². The molecular formula is C25H30I2N2O3SV. The number of fused-ring (bicyclic) bond motifs is 5. The Labute approximate surface area is 234 Å². The normalized spacial score (nSPS) is 29.2. The van der Waals surface area contributed by atoms with E-state index in [1.807, 2.05) is 13.0 Å². The number of aryl methyl sites for hydroxylation is 2. The number of thiazole rings is 1. The third-order valence-electron chi connectivity index (χ3n) is 8.16. The zero-order chi connectivity index (χ0) is 24.5. The van der Waals surface area contributed by atoms with Crippen molar-refractivity contribution in [2.75, 3.05) is 5.32 Å². The van der Waals surface area contributed by atoms with Crippen LogP contribution in [0.3, 0.4) is 0 Å². The van der Waals surface area contributed by atoms with Crippen LogP contribution in [0.25, 0.3) is 0 Å². The molecule has 3 aliphatic rings. The Hall–Kier alpha value is -0.166. The molecule has 5 nitrogen and oxygen atoms in total. The monoisotopic (exact) mass is 743 g/mol. The molecule has 1 heterocycles. The molecule has 1 aromatic heterocycles. The van der Waals surface area contributed by atoms with Crippen molar-refractivity contribution < 1.29 is 24.2 Å². The minimum atomic E-state index is -0.247. The number of phenols is 1. The third-order valence-corrected chi connectivity index (χ3v) is 8.99. The molecule has 2 fully saturated rings. The first-order valence-corrected chi connectivity index (χ1v) is 21.6. The number of rotatable bonds is 4. The first-order chi connectivity index (χ1) is 16.3. The van der Waals surface area contributed by atoms with Gasteiger partial charge in [0.25, 0.3) is 0 Å². The van der Waals surface area contributed by atoms with E-state index in [1.54, 1.807) is 12.3 Å². The first kappa shape index (κ1) is 26.9. The Kier molecular flexibility index (Phi) is 9.08. The fourth-order valence-corrected chi connectivity index (χ4v) is 7.48. The van der Waals surface area contributed by atoms with Crippen LogP contribution in [0.15, 0.2) is 24.4 Å². The Balaban J connectivity index is 0.000000868. The van der Waals surface area contributed by atoms with Gasteiger partial charge in [0.05, 0.1) is 0 Å². The number of amides is 1. The van der Waals surface area contributed by atoms with Gasteiger partial charge in [-0.25, -0.2) is 4.98 Å². The predicted octanol–water partition coefficient (Wildman–Crippen LogP) is 7.00. The van der Waals surface area contributed by atoms with Crippen molar-refractivity contribution in [2.24, 2.45) is 23.2 Å². The number of hydrogen-bond donors (Lipinski definition) is 2. The summed E-state index contributed by atoms with van der Waals surface area (Å²) in [6.07, 6.45) is 7.56. The molecule has 2 N–H and O–H groups in total. The summed E-state index contributed by atoms with van der Waals surface area (Å²) >= 11 is 6.22. The van der Waals surface area contributed by atoms with E-state index < -0.39 is 0 Å². The number of nitrogens with one attached hydrogen (secondary N) is 1. The van der Waals surface area contributed by atoms with Gasteiger partial charge in [0.2, 0.25) is 5.91 Å². The maximum absolute atomic E-state index is 13.1. The third kappa shape index (κ3) is 5.55. The van der Waals surface area contributed by atoms with Crippen LogP contribution < -0.4 is 5.32 Å². The SMILES string of the molecule is Cc1cnc(NC(=O)CC[C@@H]2CC(=O)[C@@]3(C)CCC4c5ccc(O)cc5CCC4C23)s1.[I][V][I]. The number of anilines is 1. The molecule has 2 aromatic rings. The molecule has 1 amide bonds. The van der Waals surface area contributed by atoms with E-state index in [2.05, 4.69) is 63.2 Å². The second-order valence-electron chi connectivity index (χ2n) is 9.99. The number of halogens is 2. The molecular weight excluding hydrogens is 713 g/mol. The van der Waals surface area contributed by atoms with Gasteiger partial charge in [-0.3, -0.25) is 9.59 Å². The van der Waals surface area contributed by atoms with E-state index in [0.717, 1.165) is 37.0 Å². The van der Waals surface area contributed by atoms with Gasteiger partial charge in [-0.2, -0.15) is 0 Å². The summed E-state index contributed by atoms with van der Waals surface area (Å²) in [5.74, 6) is 2.29. The molecule has 3 aliphatic carbocycles. The molecule has 5 rings (SSSR count). The standard InChI is InChI=1S/C25H30N2O3S.2HI.V/c1-14-13-26-24(31-14)27-22(30)8-4-16-12-21(29)25(2)10-9-19-18-7-5-17(28)11-15(18)3-6-20(19)23(16)25;;;/h5,7,11,13,16,19-20,23,28H,3-4,6,8-10,12H2,1-2H3,(H,26,27,30);2*1H;/q;;;+2/p-2/t16-,19?,20?,23?,25-;;;/m1.../s1. The van der Waals surface area contributed by atoms with Gasteiger partial charge in [0.15, 0.2) is 5.13 Å². The molecule has 0 radical (unpaired) electrons. The van der Waals surface area contributed by atoms with Crippen LogP contribution in [0.1, 0.15) is 67.4 Å². The van der Waals surface area contributed by atoms with E-state index in [-0.39, 0.29) is 17.2 Å². The zero-order valence-corrected chi connectivity index (χ0v) is 25.9. The summed E-state index contributed by atoms with van der Waals surface area (Å²) in [6, 6.07) is 5.82. The Morgan fingerprint density at radius 3 is 2.82 bits per heavy atom. The number of aromatic nitrogens is 1. The number of aromatic hydroxyl groups is 1. The maximum atomic E-state index is 13.1. The average molecular weight is 743 g/mol. The molecule has 1 aromatic carbocycles. The average Bonchev–Trinajstić information content (AvgIpc) is 3.32. The summed E-state index contributed by atoms with van der Waals surface area (Å²) in [7, 11) is 0.628. The summed E-state index contributed by atoms with van der Waals surface area (Å²) in [5, 5.41) is 13.5. The van der Waals surface area contributed by atoms with Crippen molar-refractivity contribution in [1.82, 2.24) is 4.98 Å². The fourth-order valence-electron chi connectivity index (χ4n) is 6.80. The van der Waals surface area contributed by atoms with Crippen LogP contribution in [0, 0.1) is 30.1 Å². The summed E-state index contributed by atoms with van der Waals surface area (Å²) < 4.78 is 0. The summed E-state index contributed by atoms with van der Waals surface area (Å²) in [4.78, 5) is 30.9. The topological polar surface area (TPSA) is 79.3 Å². The van der Waals surface area contributed by atoms with E-state index in [9.17, 15) is 14.7 Å². The van der Waals surface area contributed by atoms with Crippen LogP contribution in [0.2, 0.25) is 0 Å². The summed E-state index contributed by atoms with van der Waals surface area (Å²) in [5.41, 5.74) is 2.39. The number of carbonyl (C=O) groups excluding carboxylic acids is 2. The van der Waals surface area contributed by atoms with Crippen molar-refractivity contribution in [3.8, 4) is 5.75 Å². The number of ketones is 1. The Morgan fingerprint density at radius 2 is 2.12 bits per heavy atom. The molecule has 0 aliphatic heterocycles. The van der Waals surface area contributed by atoms with Crippen LogP contribution in [-0.4, -0.2) is 21.8 Å². The molecule has 0 spiro atoms. The van der Waals surface area contributed by atoms with Crippen molar-refractivity contribution in [2.45, 2.75) is 64.7 Å². The molecule has 2 saturated carbocycles. The van der Waals surface area contributed by atoms with Crippen molar-refractivity contribution in [3.05, 3.63) is 40.4 Å². The van der Waals surface area contributed by atoms with Crippen LogP contribution in [0.5, 0.6) is 5.75 Å². The molecule has 5 atom stereocenters. The van der Waals surface area contributed by atoms with Gasteiger partial charge in [-0.15, -0.1) is 11.3 Å². The van der Waals surface area contributed by atoms with E-state index in [1.165, 1.54) is 22.5 Å². The van der Waals surface area contributed by atoms with Gasteiger partial charge in [-0.05, 0) is 86.0 Å². The van der Waals surface area contributed by atoms with Gasteiger partial charge < -0.3 is 10.4 Å². The van der Waals surface area contributed by atoms with Crippen LogP contribution in [-0.2, 0) is 25.5 Å². The molecule has 0 bridgehead atoms. The van der Waals surface area contributed by atoms with Crippen molar-refractivity contribution in [3.63, 3.8) is 0 Å². The Morgan fingerprint density at radius 1 is 1.35 bits per heavy atom. The van der Waals surface area contributed by atoms with E-state index in [4.69, 9.17) is 0 Å². The number of nitrogens with zero attached hydrogens (tertiary/aromatic N) is 1. The fraction of sp³-hybridized carbons (Fsp3) is 0.560. The van der Waals surface area contributed by atoms with Gasteiger partial charge in [-0.1, -0.05) is 13.0 Å². The quantitative estimate of drug-likeness (QED) is 0.331.